The van der Waals surface area contributed by atoms with Crippen LogP contribution >= 0.6 is 0 Å². The fraction of sp³-hybridized carbons (Fsp3) is 0.222. The van der Waals surface area contributed by atoms with Crippen molar-refractivity contribution >= 4 is 17.6 Å². The summed E-state index contributed by atoms with van der Waals surface area (Å²) in [4.78, 5) is 33.5. The molecule has 7 heteroatoms. The molecule has 0 saturated carbocycles. The lowest BCUT2D eigenvalue weighted by Crippen LogP contribution is -2.42. The van der Waals surface area contributed by atoms with Crippen molar-refractivity contribution in [2.45, 2.75) is 25.3 Å². The molecule has 2 rings (SSSR count). The van der Waals surface area contributed by atoms with E-state index in [2.05, 4.69) is 5.32 Å². The second-order valence-corrected chi connectivity index (χ2v) is 5.57. The van der Waals surface area contributed by atoms with Crippen molar-refractivity contribution in [1.29, 1.82) is 0 Å². The van der Waals surface area contributed by atoms with E-state index in [0.717, 1.165) is 5.56 Å². The van der Waals surface area contributed by atoms with Crippen molar-refractivity contribution in [3.8, 4) is 0 Å². The highest BCUT2D eigenvalue weighted by Gasteiger charge is 2.20. The molecule has 0 aliphatic carbocycles. The van der Waals surface area contributed by atoms with Crippen LogP contribution in [0.4, 0.5) is 5.69 Å². The minimum Gasteiger partial charge on any atom is -0.480 e. The number of non-ortho nitro benzene ring substituents is 1. The van der Waals surface area contributed by atoms with E-state index < -0.39 is 16.9 Å². The number of nitrogens with zero attached hydrogens (tertiary/aromatic N) is 1. The Labute approximate surface area is 144 Å². The second kappa shape index (κ2) is 8.58. The molecule has 130 valence electrons. The van der Waals surface area contributed by atoms with E-state index in [1.165, 1.54) is 24.3 Å². The number of hydrogen-bond acceptors (Lipinski definition) is 4. The van der Waals surface area contributed by atoms with Crippen molar-refractivity contribution in [1.82, 2.24) is 5.32 Å². The Hall–Kier alpha value is -3.22. The summed E-state index contributed by atoms with van der Waals surface area (Å²) < 4.78 is 0. The molecule has 7 nitrogen and oxygen atoms in total. The quantitative estimate of drug-likeness (QED) is 0.565. The van der Waals surface area contributed by atoms with E-state index in [0.29, 0.717) is 12.0 Å². The number of benzene rings is 2. The van der Waals surface area contributed by atoms with Gasteiger partial charge in [-0.15, -0.1) is 0 Å². The van der Waals surface area contributed by atoms with Gasteiger partial charge in [-0.25, -0.2) is 4.79 Å². The molecule has 0 aliphatic rings. The Kier molecular flexibility index (Phi) is 6.22. The Morgan fingerprint density at radius 1 is 1.04 bits per heavy atom. The number of aliphatic carboxylic acids is 1. The summed E-state index contributed by atoms with van der Waals surface area (Å²) in [6.45, 7) is 0. The van der Waals surface area contributed by atoms with Crippen molar-refractivity contribution in [2.24, 2.45) is 0 Å². The molecule has 1 amide bonds. The predicted octanol–water partition coefficient (Wildman–Crippen LogP) is 2.34. The highest BCUT2D eigenvalue weighted by atomic mass is 16.6. The average Bonchev–Trinajstić information content (AvgIpc) is 2.60. The van der Waals surface area contributed by atoms with Gasteiger partial charge in [0, 0.05) is 25.0 Å². The largest absolute Gasteiger partial charge is 0.480 e. The van der Waals surface area contributed by atoms with Crippen LogP contribution in [0.3, 0.4) is 0 Å². The summed E-state index contributed by atoms with van der Waals surface area (Å²) in [5, 5.41) is 22.4. The Morgan fingerprint density at radius 2 is 1.68 bits per heavy atom. The van der Waals surface area contributed by atoms with E-state index in [1.54, 1.807) is 0 Å². The summed E-state index contributed by atoms with van der Waals surface area (Å²) in [6.07, 6.45) is 0.773. The minimum absolute atomic E-state index is 0.0599. The molecule has 0 radical (unpaired) electrons. The molecule has 0 heterocycles. The molecule has 2 aromatic rings. The summed E-state index contributed by atoms with van der Waals surface area (Å²) in [5.41, 5.74) is 1.53. The number of amides is 1. The smallest absolute Gasteiger partial charge is 0.326 e. The van der Waals surface area contributed by atoms with Crippen LogP contribution in [0.2, 0.25) is 0 Å². The lowest BCUT2D eigenvalue weighted by Gasteiger charge is -2.14. The first-order valence-electron chi connectivity index (χ1n) is 7.75. The van der Waals surface area contributed by atoms with Crippen molar-refractivity contribution < 1.29 is 19.6 Å². The SMILES string of the molecule is O=C(CCc1ccccc1)N[C@@H](Cc1ccc([N+](=O)[O-])cc1)C(=O)O. The minimum atomic E-state index is -1.15. The van der Waals surface area contributed by atoms with Gasteiger partial charge < -0.3 is 10.4 Å². The zero-order valence-corrected chi connectivity index (χ0v) is 13.4. The van der Waals surface area contributed by atoms with E-state index in [-0.39, 0.29) is 24.4 Å². The summed E-state index contributed by atoms with van der Waals surface area (Å²) in [5.74, 6) is -1.50. The zero-order valence-electron chi connectivity index (χ0n) is 13.4. The van der Waals surface area contributed by atoms with Crippen LogP contribution in [0.5, 0.6) is 0 Å². The molecule has 0 fully saturated rings. The maximum absolute atomic E-state index is 12.0. The molecule has 0 aromatic heterocycles. The highest BCUT2D eigenvalue weighted by Crippen LogP contribution is 2.13. The van der Waals surface area contributed by atoms with Crippen LogP contribution in [0, 0.1) is 10.1 Å². The molecule has 0 spiro atoms. The lowest BCUT2D eigenvalue weighted by atomic mass is 10.0. The van der Waals surface area contributed by atoms with Gasteiger partial charge in [-0.3, -0.25) is 14.9 Å². The maximum atomic E-state index is 12.0. The fourth-order valence-corrected chi connectivity index (χ4v) is 2.36. The van der Waals surface area contributed by atoms with Crippen LogP contribution in [0.1, 0.15) is 17.5 Å². The molecule has 0 unspecified atom stereocenters. The third-order valence-corrected chi connectivity index (χ3v) is 3.70. The molecule has 0 bridgehead atoms. The number of carboxylic acid groups (broad SMARTS) is 1. The van der Waals surface area contributed by atoms with Gasteiger partial charge in [0.25, 0.3) is 5.69 Å². The van der Waals surface area contributed by atoms with Crippen LogP contribution in [0.25, 0.3) is 0 Å². The first kappa shape index (κ1) is 18.1. The number of aryl methyl sites for hydroxylation is 1. The topological polar surface area (TPSA) is 110 Å². The van der Waals surface area contributed by atoms with Gasteiger partial charge in [0.05, 0.1) is 4.92 Å². The summed E-state index contributed by atoms with van der Waals surface area (Å²) >= 11 is 0. The third kappa shape index (κ3) is 5.72. The number of hydrogen-bond donors (Lipinski definition) is 2. The number of nitro benzene ring substituents is 1. The zero-order chi connectivity index (χ0) is 18.2. The summed E-state index contributed by atoms with van der Waals surface area (Å²) in [6, 6.07) is 14.0. The van der Waals surface area contributed by atoms with Crippen LogP contribution < -0.4 is 5.32 Å². The Morgan fingerprint density at radius 3 is 2.24 bits per heavy atom. The molecule has 0 aliphatic heterocycles. The van der Waals surface area contributed by atoms with E-state index in [9.17, 15) is 24.8 Å². The number of carboxylic acids is 1. The van der Waals surface area contributed by atoms with Gasteiger partial charge in [0.15, 0.2) is 0 Å². The van der Waals surface area contributed by atoms with Gasteiger partial charge in [0.1, 0.15) is 6.04 Å². The Bertz CT molecular complexity index is 744. The molecule has 25 heavy (non-hydrogen) atoms. The number of rotatable bonds is 8. The van der Waals surface area contributed by atoms with Gasteiger partial charge in [-0.05, 0) is 17.5 Å². The van der Waals surface area contributed by atoms with Gasteiger partial charge >= 0.3 is 5.97 Å². The van der Waals surface area contributed by atoms with Crippen molar-refractivity contribution in [2.75, 3.05) is 0 Å². The number of carbonyl (C=O) groups excluding carboxylic acids is 1. The highest BCUT2D eigenvalue weighted by molar-refractivity contribution is 5.83. The molecule has 1 atom stereocenters. The van der Waals surface area contributed by atoms with Crippen LogP contribution in [0.15, 0.2) is 54.6 Å². The molecular formula is C18H18N2O5. The van der Waals surface area contributed by atoms with Gasteiger partial charge in [-0.1, -0.05) is 42.5 Å². The van der Waals surface area contributed by atoms with Crippen LogP contribution in [-0.2, 0) is 22.4 Å². The number of nitrogens with one attached hydrogen (secondary N) is 1. The van der Waals surface area contributed by atoms with Crippen LogP contribution in [-0.4, -0.2) is 27.9 Å². The average molecular weight is 342 g/mol. The molecule has 2 aromatic carbocycles. The molecule has 2 N–H and O–H groups in total. The van der Waals surface area contributed by atoms with Gasteiger partial charge in [-0.2, -0.15) is 0 Å². The third-order valence-electron chi connectivity index (χ3n) is 3.70. The van der Waals surface area contributed by atoms with Gasteiger partial charge in [0.2, 0.25) is 5.91 Å². The van der Waals surface area contributed by atoms with Crippen molar-refractivity contribution in [3.05, 3.63) is 75.8 Å². The number of nitro groups is 1. The second-order valence-electron chi connectivity index (χ2n) is 5.57. The maximum Gasteiger partial charge on any atom is 0.326 e. The normalized spacial score (nSPS) is 11.5. The monoisotopic (exact) mass is 342 g/mol. The predicted molar refractivity (Wildman–Crippen MR) is 91.1 cm³/mol. The summed E-state index contributed by atoms with van der Waals surface area (Å²) in [7, 11) is 0. The van der Waals surface area contributed by atoms with E-state index >= 15 is 0 Å². The van der Waals surface area contributed by atoms with E-state index in [1.807, 2.05) is 30.3 Å². The fourth-order valence-electron chi connectivity index (χ4n) is 2.36. The molecular weight excluding hydrogens is 324 g/mol. The molecule has 0 saturated heterocycles. The lowest BCUT2D eigenvalue weighted by molar-refractivity contribution is -0.384. The number of carbonyl (C=O) groups is 2. The standard InChI is InChI=1S/C18H18N2O5/c21-17(11-8-13-4-2-1-3-5-13)19-16(18(22)23)12-14-6-9-15(10-7-14)20(24)25/h1-7,9-10,16H,8,11-12H2,(H,19,21)(H,22,23)/t16-/m0/s1. The Balaban J connectivity index is 1.92. The van der Waals surface area contributed by atoms with Crippen molar-refractivity contribution in [3.63, 3.8) is 0 Å². The first-order chi connectivity index (χ1) is 12.0. The first-order valence-corrected chi connectivity index (χ1v) is 7.75. The van der Waals surface area contributed by atoms with E-state index in [4.69, 9.17) is 0 Å².